The largest absolute Gasteiger partial charge is 0.481 e. The van der Waals surface area contributed by atoms with Gasteiger partial charge in [-0.15, -0.1) is 0 Å². The third-order valence-corrected chi connectivity index (χ3v) is 3.15. The Labute approximate surface area is 131 Å². The molecule has 1 unspecified atom stereocenters. The van der Waals surface area contributed by atoms with Crippen molar-refractivity contribution in [2.24, 2.45) is 5.73 Å². The second kappa shape index (κ2) is 13.0. The highest BCUT2D eigenvalue weighted by molar-refractivity contribution is 5.93. The van der Waals surface area contributed by atoms with Gasteiger partial charge in [-0.3, -0.25) is 4.79 Å². The number of carboxylic acid groups (broad SMARTS) is 1. The van der Waals surface area contributed by atoms with Gasteiger partial charge in [0.1, 0.15) is 6.04 Å². The smallest absolute Gasteiger partial charge is 0.338 e. The van der Waals surface area contributed by atoms with Gasteiger partial charge < -0.3 is 15.6 Å². The molecule has 0 aliphatic carbocycles. The Balaban J connectivity index is 3.76. The summed E-state index contributed by atoms with van der Waals surface area (Å²) in [6.07, 6.45) is 10.4. The van der Waals surface area contributed by atoms with Crippen LogP contribution < -0.4 is 5.73 Å². The summed E-state index contributed by atoms with van der Waals surface area (Å²) in [5.41, 5.74) is 5.43. The molecule has 0 radical (unpaired) electrons. The third kappa shape index (κ3) is 12.1. The zero-order valence-electron chi connectivity index (χ0n) is 13.3. The van der Waals surface area contributed by atoms with Crippen molar-refractivity contribution in [2.45, 2.75) is 70.8 Å². The van der Waals surface area contributed by atoms with E-state index in [0.29, 0.717) is 0 Å². The number of esters is 2. The summed E-state index contributed by atoms with van der Waals surface area (Å²) in [6.45, 7) is 2.17. The van der Waals surface area contributed by atoms with E-state index in [-0.39, 0.29) is 12.8 Å². The number of aliphatic carboxylic acids is 1. The summed E-state index contributed by atoms with van der Waals surface area (Å²) < 4.78 is 4.52. The van der Waals surface area contributed by atoms with Gasteiger partial charge in [-0.2, -0.15) is 0 Å². The Bertz CT molecular complexity index is 379. The highest BCUT2D eigenvalue weighted by Crippen LogP contribution is 2.07. The van der Waals surface area contributed by atoms with E-state index in [0.717, 1.165) is 19.3 Å². The number of hydrogen-bond acceptors (Lipinski definition) is 5. The van der Waals surface area contributed by atoms with Gasteiger partial charge in [-0.1, -0.05) is 45.1 Å². The van der Waals surface area contributed by atoms with E-state index in [2.05, 4.69) is 11.7 Å². The number of carboxylic acids is 1. The monoisotopic (exact) mass is 313 g/mol. The van der Waals surface area contributed by atoms with Crippen molar-refractivity contribution in [3.63, 3.8) is 0 Å². The van der Waals surface area contributed by atoms with Crippen LogP contribution in [0.1, 0.15) is 64.7 Å². The van der Waals surface area contributed by atoms with Crippen molar-refractivity contribution in [1.82, 2.24) is 0 Å². The van der Waals surface area contributed by atoms with Crippen LogP contribution in [0.25, 0.3) is 0 Å². The van der Waals surface area contributed by atoms with Crippen LogP contribution in [0, 0.1) is 0 Å². The van der Waals surface area contributed by atoms with Crippen LogP contribution in [0.2, 0.25) is 0 Å². The lowest BCUT2D eigenvalue weighted by molar-refractivity contribution is -0.157. The lowest BCUT2D eigenvalue weighted by Crippen LogP contribution is -2.34. The normalized spacial score (nSPS) is 12.3. The van der Waals surface area contributed by atoms with Crippen molar-refractivity contribution < 1.29 is 24.2 Å². The number of carbonyl (C=O) groups excluding carboxylic acids is 2. The van der Waals surface area contributed by atoms with Crippen LogP contribution >= 0.6 is 0 Å². The molecule has 126 valence electrons. The number of carbonyl (C=O) groups is 3. The van der Waals surface area contributed by atoms with E-state index < -0.39 is 23.9 Å². The molecule has 0 saturated carbocycles. The van der Waals surface area contributed by atoms with Crippen molar-refractivity contribution in [1.29, 1.82) is 0 Å². The summed E-state index contributed by atoms with van der Waals surface area (Å²) in [4.78, 5) is 33.1. The highest BCUT2D eigenvalue weighted by atomic mass is 16.6. The van der Waals surface area contributed by atoms with E-state index in [1.807, 2.05) is 0 Å². The van der Waals surface area contributed by atoms with Crippen molar-refractivity contribution in [2.75, 3.05) is 0 Å². The van der Waals surface area contributed by atoms with Gasteiger partial charge in [0.15, 0.2) is 0 Å². The number of rotatable bonds is 12. The first-order valence-electron chi connectivity index (χ1n) is 7.87. The summed E-state index contributed by atoms with van der Waals surface area (Å²) in [5.74, 6) is -2.70. The van der Waals surface area contributed by atoms with Crippen molar-refractivity contribution in [3.05, 3.63) is 12.2 Å². The van der Waals surface area contributed by atoms with Gasteiger partial charge in [-0.05, 0) is 19.3 Å². The van der Waals surface area contributed by atoms with E-state index in [1.54, 1.807) is 6.08 Å². The Morgan fingerprint density at radius 1 is 1.14 bits per heavy atom. The van der Waals surface area contributed by atoms with Crippen LogP contribution in [0.4, 0.5) is 0 Å². The number of ether oxygens (including phenoxy) is 1. The summed E-state index contributed by atoms with van der Waals surface area (Å²) in [5, 5.41) is 8.47. The first-order valence-corrected chi connectivity index (χ1v) is 7.87. The van der Waals surface area contributed by atoms with Crippen LogP contribution in [-0.2, 0) is 19.1 Å². The topological polar surface area (TPSA) is 107 Å². The molecule has 0 aromatic carbocycles. The SMILES string of the molecule is CCCCCCCCC=CC(=O)OC(=O)C(N)CCC(=O)O. The fourth-order valence-corrected chi connectivity index (χ4v) is 1.83. The van der Waals surface area contributed by atoms with Crippen LogP contribution in [-0.4, -0.2) is 29.1 Å². The predicted molar refractivity (Wildman–Crippen MR) is 83.1 cm³/mol. The lowest BCUT2D eigenvalue weighted by Gasteiger charge is -2.07. The maximum Gasteiger partial charge on any atom is 0.338 e. The molecule has 0 aromatic heterocycles. The molecule has 0 spiro atoms. The van der Waals surface area contributed by atoms with Gasteiger partial charge >= 0.3 is 17.9 Å². The number of nitrogens with two attached hydrogens (primary N) is 1. The second-order valence-electron chi connectivity index (χ2n) is 5.24. The maximum atomic E-state index is 11.4. The van der Waals surface area contributed by atoms with Gasteiger partial charge in [0, 0.05) is 12.5 Å². The van der Waals surface area contributed by atoms with Crippen molar-refractivity contribution >= 4 is 17.9 Å². The van der Waals surface area contributed by atoms with Gasteiger partial charge in [-0.25, -0.2) is 9.59 Å². The highest BCUT2D eigenvalue weighted by Gasteiger charge is 2.18. The molecular formula is C16H27NO5. The average Bonchev–Trinajstić information content (AvgIpc) is 2.47. The predicted octanol–water partition coefficient (Wildman–Crippen LogP) is 2.56. The molecule has 0 aliphatic heterocycles. The van der Waals surface area contributed by atoms with E-state index in [1.165, 1.54) is 31.8 Å². The fraction of sp³-hybridized carbons (Fsp3) is 0.688. The quantitative estimate of drug-likeness (QED) is 0.248. The first kappa shape index (κ1) is 20.3. The Morgan fingerprint density at radius 3 is 2.41 bits per heavy atom. The summed E-state index contributed by atoms with van der Waals surface area (Å²) in [6, 6.07) is -1.09. The zero-order valence-corrected chi connectivity index (χ0v) is 13.3. The third-order valence-electron chi connectivity index (χ3n) is 3.15. The molecule has 0 bridgehead atoms. The maximum absolute atomic E-state index is 11.4. The fourth-order valence-electron chi connectivity index (χ4n) is 1.83. The first-order chi connectivity index (χ1) is 10.5. The number of allylic oxidation sites excluding steroid dienone is 1. The molecule has 6 nitrogen and oxygen atoms in total. The van der Waals surface area contributed by atoms with Gasteiger partial charge in [0.05, 0.1) is 0 Å². The van der Waals surface area contributed by atoms with E-state index >= 15 is 0 Å². The molecule has 0 amide bonds. The molecule has 0 saturated heterocycles. The minimum Gasteiger partial charge on any atom is -0.481 e. The standard InChI is InChI=1S/C16H27NO5/c1-2-3-4-5-6-7-8-9-10-15(20)22-16(21)13(17)11-12-14(18)19/h9-10,13H,2-8,11-12,17H2,1H3,(H,18,19). The van der Waals surface area contributed by atoms with Crippen molar-refractivity contribution in [3.8, 4) is 0 Å². The number of hydrogen-bond donors (Lipinski definition) is 2. The molecule has 22 heavy (non-hydrogen) atoms. The summed E-state index contributed by atoms with van der Waals surface area (Å²) in [7, 11) is 0. The van der Waals surface area contributed by atoms with Crippen LogP contribution in [0.15, 0.2) is 12.2 Å². The molecular weight excluding hydrogens is 286 g/mol. The van der Waals surface area contributed by atoms with Crippen LogP contribution in [0.3, 0.4) is 0 Å². The van der Waals surface area contributed by atoms with Crippen LogP contribution in [0.5, 0.6) is 0 Å². The van der Waals surface area contributed by atoms with E-state index in [4.69, 9.17) is 10.8 Å². The molecule has 6 heteroatoms. The molecule has 0 rings (SSSR count). The lowest BCUT2D eigenvalue weighted by atomic mass is 10.1. The zero-order chi connectivity index (χ0) is 16.8. The summed E-state index contributed by atoms with van der Waals surface area (Å²) >= 11 is 0. The molecule has 1 atom stereocenters. The molecule has 0 aliphatic rings. The number of unbranched alkanes of at least 4 members (excludes halogenated alkanes) is 6. The Morgan fingerprint density at radius 2 is 1.77 bits per heavy atom. The van der Waals surface area contributed by atoms with Gasteiger partial charge in [0.25, 0.3) is 0 Å². The molecule has 0 aromatic rings. The Hall–Kier alpha value is -1.69. The minimum atomic E-state index is -1.09. The van der Waals surface area contributed by atoms with E-state index in [9.17, 15) is 14.4 Å². The average molecular weight is 313 g/mol. The molecule has 0 heterocycles. The molecule has 0 fully saturated rings. The minimum absolute atomic E-state index is 0.0527. The second-order valence-corrected chi connectivity index (χ2v) is 5.24. The Kier molecular flexibility index (Phi) is 12.0. The molecule has 3 N–H and O–H groups in total. The van der Waals surface area contributed by atoms with Gasteiger partial charge in [0.2, 0.25) is 0 Å².